The Morgan fingerprint density at radius 2 is 2.12 bits per heavy atom. The molecule has 4 nitrogen and oxygen atoms in total. The van der Waals surface area contributed by atoms with E-state index in [9.17, 15) is 9.90 Å². The molecule has 92 valence electrons. The van der Waals surface area contributed by atoms with Gasteiger partial charge in [-0.1, -0.05) is 12.8 Å². The molecule has 0 bridgehead atoms. The lowest BCUT2D eigenvalue weighted by Gasteiger charge is -2.32. The number of nitrogens with one attached hydrogen (secondary N) is 1. The summed E-state index contributed by atoms with van der Waals surface area (Å²) in [5.74, 6) is 0.551. The Morgan fingerprint density at radius 3 is 2.75 bits per heavy atom. The SMILES string of the molecule is CN1CC[C@H](N[C@H]2CCCC[C@H]2CO)C1=O. The van der Waals surface area contributed by atoms with Gasteiger partial charge >= 0.3 is 0 Å². The molecule has 0 spiro atoms. The maximum absolute atomic E-state index is 11.8. The van der Waals surface area contributed by atoms with Gasteiger partial charge in [0.15, 0.2) is 0 Å². The zero-order valence-corrected chi connectivity index (χ0v) is 9.98. The van der Waals surface area contributed by atoms with Crippen LogP contribution in [-0.2, 0) is 4.79 Å². The highest BCUT2D eigenvalue weighted by Crippen LogP contribution is 2.25. The van der Waals surface area contributed by atoms with E-state index < -0.39 is 0 Å². The van der Waals surface area contributed by atoms with Crippen LogP contribution in [0, 0.1) is 5.92 Å². The molecule has 16 heavy (non-hydrogen) atoms. The molecule has 0 radical (unpaired) electrons. The fraction of sp³-hybridized carbons (Fsp3) is 0.917. The lowest BCUT2D eigenvalue weighted by molar-refractivity contribution is -0.128. The number of rotatable bonds is 3. The van der Waals surface area contributed by atoms with Crippen LogP contribution in [0.4, 0.5) is 0 Å². The van der Waals surface area contributed by atoms with Crippen molar-refractivity contribution in [3.05, 3.63) is 0 Å². The molecule has 1 aliphatic heterocycles. The molecule has 3 atom stereocenters. The molecule has 0 aromatic heterocycles. The van der Waals surface area contributed by atoms with Crippen LogP contribution in [0.25, 0.3) is 0 Å². The molecule has 0 unspecified atom stereocenters. The van der Waals surface area contributed by atoms with Crippen molar-refractivity contribution in [2.45, 2.75) is 44.2 Å². The molecule has 1 aliphatic carbocycles. The number of hydrogen-bond acceptors (Lipinski definition) is 3. The lowest BCUT2D eigenvalue weighted by Crippen LogP contribution is -2.48. The number of nitrogens with zero attached hydrogens (tertiary/aromatic N) is 1. The molecule has 2 aliphatic rings. The number of hydrogen-bond donors (Lipinski definition) is 2. The molecular formula is C12H22N2O2. The summed E-state index contributed by atoms with van der Waals surface area (Å²) in [5.41, 5.74) is 0. The van der Waals surface area contributed by atoms with Crippen molar-refractivity contribution < 1.29 is 9.90 Å². The smallest absolute Gasteiger partial charge is 0.239 e. The first kappa shape index (κ1) is 11.9. The number of amides is 1. The number of carbonyl (C=O) groups excluding carboxylic acids is 1. The number of likely N-dealkylation sites (N-methyl/N-ethyl adjacent to an activating group) is 1. The maximum Gasteiger partial charge on any atom is 0.239 e. The molecule has 0 aromatic rings. The van der Waals surface area contributed by atoms with Crippen LogP contribution in [-0.4, -0.2) is 48.2 Å². The van der Waals surface area contributed by atoms with Crippen LogP contribution in [0.1, 0.15) is 32.1 Å². The second kappa shape index (κ2) is 5.15. The third-order valence-corrected chi connectivity index (χ3v) is 3.99. The Morgan fingerprint density at radius 1 is 1.38 bits per heavy atom. The Labute approximate surface area is 97.0 Å². The summed E-state index contributed by atoms with van der Waals surface area (Å²) in [6.45, 7) is 1.10. The Bertz CT molecular complexity index is 257. The molecule has 1 saturated carbocycles. The van der Waals surface area contributed by atoms with E-state index in [1.807, 2.05) is 7.05 Å². The van der Waals surface area contributed by atoms with Crippen LogP contribution < -0.4 is 5.32 Å². The van der Waals surface area contributed by atoms with Gasteiger partial charge in [-0.25, -0.2) is 0 Å². The van der Waals surface area contributed by atoms with Crippen molar-refractivity contribution in [2.24, 2.45) is 5.92 Å². The fourth-order valence-corrected chi connectivity index (χ4v) is 2.88. The van der Waals surface area contributed by atoms with Crippen LogP contribution in [0.5, 0.6) is 0 Å². The van der Waals surface area contributed by atoms with Crippen molar-refractivity contribution in [2.75, 3.05) is 20.2 Å². The van der Waals surface area contributed by atoms with Crippen LogP contribution >= 0.6 is 0 Å². The van der Waals surface area contributed by atoms with Gasteiger partial charge in [0, 0.05) is 26.2 Å². The molecule has 4 heteroatoms. The van der Waals surface area contributed by atoms with Crippen LogP contribution in [0.2, 0.25) is 0 Å². The predicted molar refractivity (Wildman–Crippen MR) is 62.0 cm³/mol. The summed E-state index contributed by atoms with van der Waals surface area (Å²) in [6.07, 6.45) is 5.51. The van der Waals surface area contributed by atoms with Gasteiger partial charge in [-0.05, 0) is 25.2 Å². The highest BCUT2D eigenvalue weighted by molar-refractivity contribution is 5.83. The van der Waals surface area contributed by atoms with Crippen molar-refractivity contribution in [3.8, 4) is 0 Å². The first-order valence-corrected chi connectivity index (χ1v) is 6.34. The molecule has 2 rings (SSSR count). The summed E-state index contributed by atoms with van der Waals surface area (Å²) >= 11 is 0. The summed E-state index contributed by atoms with van der Waals surface area (Å²) in [7, 11) is 1.86. The molecule has 2 fully saturated rings. The van der Waals surface area contributed by atoms with Gasteiger partial charge in [-0.2, -0.15) is 0 Å². The largest absolute Gasteiger partial charge is 0.396 e. The van der Waals surface area contributed by atoms with Crippen molar-refractivity contribution in [1.29, 1.82) is 0 Å². The van der Waals surface area contributed by atoms with Crippen molar-refractivity contribution >= 4 is 5.91 Å². The number of likely N-dealkylation sites (tertiary alicyclic amines) is 1. The van der Waals surface area contributed by atoms with Gasteiger partial charge < -0.3 is 15.3 Å². The minimum Gasteiger partial charge on any atom is -0.396 e. The summed E-state index contributed by atoms with van der Waals surface area (Å²) in [6, 6.07) is 0.321. The second-order valence-electron chi connectivity index (χ2n) is 5.10. The minimum absolute atomic E-state index is 0.0119. The van der Waals surface area contributed by atoms with E-state index in [4.69, 9.17) is 0 Å². The van der Waals surface area contributed by atoms with Crippen LogP contribution in [0.15, 0.2) is 0 Å². The van der Waals surface area contributed by atoms with Gasteiger partial charge in [0.25, 0.3) is 0 Å². The van der Waals surface area contributed by atoms with E-state index in [2.05, 4.69) is 5.32 Å². The topological polar surface area (TPSA) is 52.6 Å². The summed E-state index contributed by atoms with van der Waals surface area (Å²) in [4.78, 5) is 13.6. The standard InChI is InChI=1S/C12H22N2O2/c1-14-7-6-11(12(14)16)13-10-5-3-2-4-9(10)8-15/h9-11,13,15H,2-8H2,1H3/t9-,10-,11-/m0/s1. The van der Waals surface area contributed by atoms with E-state index >= 15 is 0 Å². The second-order valence-corrected chi connectivity index (χ2v) is 5.10. The predicted octanol–water partition coefficient (Wildman–Crippen LogP) is 0.358. The third kappa shape index (κ3) is 2.38. The van der Waals surface area contributed by atoms with Crippen LogP contribution in [0.3, 0.4) is 0 Å². The van der Waals surface area contributed by atoms with Crippen molar-refractivity contribution in [3.63, 3.8) is 0 Å². The Kier molecular flexibility index (Phi) is 3.82. The molecule has 0 aromatic carbocycles. The zero-order chi connectivity index (χ0) is 11.5. The van der Waals surface area contributed by atoms with Gasteiger partial charge in [-0.3, -0.25) is 4.79 Å². The lowest BCUT2D eigenvalue weighted by atomic mass is 9.84. The van der Waals surface area contributed by atoms with E-state index in [0.29, 0.717) is 12.0 Å². The normalized spacial score (nSPS) is 35.8. The Balaban J connectivity index is 1.90. The van der Waals surface area contributed by atoms with Gasteiger partial charge in [0.05, 0.1) is 6.04 Å². The molecule has 2 N–H and O–H groups in total. The molecule has 1 saturated heterocycles. The highest BCUT2D eigenvalue weighted by Gasteiger charge is 2.33. The molecular weight excluding hydrogens is 204 g/mol. The van der Waals surface area contributed by atoms with Gasteiger partial charge in [-0.15, -0.1) is 0 Å². The van der Waals surface area contributed by atoms with Gasteiger partial charge in [0.2, 0.25) is 5.91 Å². The van der Waals surface area contributed by atoms with E-state index in [0.717, 1.165) is 25.8 Å². The number of aliphatic hydroxyl groups excluding tert-OH is 1. The first-order valence-electron chi connectivity index (χ1n) is 6.34. The van der Waals surface area contributed by atoms with E-state index in [-0.39, 0.29) is 18.6 Å². The average molecular weight is 226 g/mol. The molecule has 1 heterocycles. The molecule has 1 amide bonds. The third-order valence-electron chi connectivity index (χ3n) is 3.99. The monoisotopic (exact) mass is 226 g/mol. The average Bonchev–Trinajstić information content (AvgIpc) is 2.62. The maximum atomic E-state index is 11.8. The van der Waals surface area contributed by atoms with Gasteiger partial charge in [0.1, 0.15) is 0 Å². The fourth-order valence-electron chi connectivity index (χ4n) is 2.88. The Hall–Kier alpha value is -0.610. The number of aliphatic hydroxyl groups is 1. The summed E-state index contributed by atoms with van der Waals surface area (Å²) < 4.78 is 0. The van der Waals surface area contributed by atoms with E-state index in [1.54, 1.807) is 4.90 Å². The quantitative estimate of drug-likeness (QED) is 0.730. The zero-order valence-electron chi connectivity index (χ0n) is 9.98. The van der Waals surface area contributed by atoms with Crippen molar-refractivity contribution in [1.82, 2.24) is 10.2 Å². The highest BCUT2D eigenvalue weighted by atomic mass is 16.3. The first-order chi connectivity index (χ1) is 7.72. The summed E-state index contributed by atoms with van der Waals surface area (Å²) in [5, 5.41) is 12.8. The van der Waals surface area contributed by atoms with E-state index in [1.165, 1.54) is 12.8 Å². The minimum atomic E-state index is -0.0119. The number of carbonyl (C=O) groups is 1.